The number of hydrogen-bond acceptors (Lipinski definition) is 5. The van der Waals surface area contributed by atoms with E-state index in [0.717, 1.165) is 29.9 Å². The van der Waals surface area contributed by atoms with Crippen molar-refractivity contribution in [1.29, 1.82) is 0 Å². The number of fused-ring (bicyclic) bond motifs is 1. The molecule has 1 saturated carbocycles. The zero-order valence-corrected chi connectivity index (χ0v) is 15.2. The molecule has 1 aliphatic carbocycles. The molecule has 0 spiro atoms. The molecule has 3 aliphatic rings. The molecule has 6 nitrogen and oxygen atoms in total. The van der Waals surface area contributed by atoms with Crippen LogP contribution in [0.3, 0.4) is 0 Å². The van der Waals surface area contributed by atoms with E-state index >= 15 is 0 Å². The van der Waals surface area contributed by atoms with Gasteiger partial charge in [-0.1, -0.05) is 0 Å². The highest BCUT2D eigenvalue weighted by Crippen LogP contribution is 2.43. The van der Waals surface area contributed by atoms with Crippen molar-refractivity contribution in [3.8, 4) is 0 Å². The minimum atomic E-state index is -4.58. The zero-order chi connectivity index (χ0) is 19.6. The smallest absolute Gasteiger partial charge is 0.355 e. The number of benzene rings is 1. The van der Waals surface area contributed by atoms with Gasteiger partial charge in [-0.25, -0.2) is 4.39 Å². The number of piperazine rings is 1. The molecule has 2 heterocycles. The summed E-state index contributed by atoms with van der Waals surface area (Å²) in [6.07, 6.45) is -3.07. The van der Waals surface area contributed by atoms with Gasteiger partial charge in [0.1, 0.15) is 22.6 Å². The molecule has 2 atom stereocenters. The second kappa shape index (κ2) is 6.06. The number of rotatable bonds is 2. The Morgan fingerprint density at radius 1 is 1.26 bits per heavy atom. The first kappa shape index (κ1) is 18.5. The molecular formula is C16H18F4N4O2S. The van der Waals surface area contributed by atoms with Crippen LogP contribution in [-0.2, 0) is 10.0 Å². The van der Waals surface area contributed by atoms with Gasteiger partial charge >= 0.3 is 6.18 Å². The van der Waals surface area contributed by atoms with Crippen LogP contribution in [0.2, 0.25) is 0 Å². The first-order chi connectivity index (χ1) is 12.6. The first-order valence-electron chi connectivity index (χ1n) is 8.60. The van der Waals surface area contributed by atoms with Crippen LogP contribution in [0.4, 0.5) is 28.9 Å². The summed E-state index contributed by atoms with van der Waals surface area (Å²) in [5.41, 5.74) is -0.144. The number of nitrogens with zero attached hydrogens (tertiary/aromatic N) is 2. The highest BCUT2D eigenvalue weighted by molar-refractivity contribution is 7.90. The quantitative estimate of drug-likeness (QED) is 0.739. The third kappa shape index (κ3) is 3.27. The van der Waals surface area contributed by atoms with E-state index in [2.05, 4.69) is 15.0 Å². The fourth-order valence-corrected chi connectivity index (χ4v) is 4.88. The van der Waals surface area contributed by atoms with Crippen molar-refractivity contribution in [1.82, 2.24) is 5.32 Å². The molecule has 2 fully saturated rings. The summed E-state index contributed by atoms with van der Waals surface area (Å²) in [7, 11) is -4.18. The molecule has 1 aromatic rings. The van der Waals surface area contributed by atoms with Gasteiger partial charge in [0.15, 0.2) is 0 Å². The molecule has 0 radical (unpaired) electrons. The fourth-order valence-electron chi connectivity index (χ4n) is 3.65. The number of anilines is 2. The van der Waals surface area contributed by atoms with Crippen molar-refractivity contribution >= 4 is 27.2 Å². The van der Waals surface area contributed by atoms with Gasteiger partial charge in [-0.3, -0.25) is 0 Å². The Kier molecular flexibility index (Phi) is 4.15. The van der Waals surface area contributed by atoms with E-state index in [0.29, 0.717) is 0 Å². The second-order valence-electron chi connectivity index (χ2n) is 7.07. The third-order valence-electron chi connectivity index (χ3n) is 5.03. The molecule has 0 unspecified atom stereocenters. The number of sulfonamides is 1. The highest BCUT2D eigenvalue weighted by atomic mass is 32.2. The van der Waals surface area contributed by atoms with Crippen LogP contribution in [0.15, 0.2) is 21.4 Å². The van der Waals surface area contributed by atoms with Crippen LogP contribution < -0.4 is 15.5 Å². The molecule has 0 aromatic heterocycles. The van der Waals surface area contributed by atoms with Crippen LogP contribution in [-0.4, -0.2) is 45.6 Å². The Labute approximate surface area is 153 Å². The van der Waals surface area contributed by atoms with Crippen molar-refractivity contribution in [2.24, 2.45) is 10.3 Å². The van der Waals surface area contributed by atoms with E-state index in [1.165, 1.54) is 6.92 Å². The summed E-state index contributed by atoms with van der Waals surface area (Å²) in [6.45, 7) is 1.62. The third-order valence-corrected chi connectivity index (χ3v) is 6.35. The maximum absolute atomic E-state index is 14.2. The van der Waals surface area contributed by atoms with E-state index in [1.54, 1.807) is 0 Å². The van der Waals surface area contributed by atoms with Crippen molar-refractivity contribution in [3.63, 3.8) is 0 Å². The van der Waals surface area contributed by atoms with Crippen molar-refractivity contribution in [2.45, 2.75) is 42.9 Å². The van der Waals surface area contributed by atoms with E-state index in [9.17, 15) is 26.0 Å². The van der Waals surface area contributed by atoms with Gasteiger partial charge in [0, 0.05) is 25.0 Å². The van der Waals surface area contributed by atoms with Crippen LogP contribution >= 0.6 is 0 Å². The van der Waals surface area contributed by atoms with Gasteiger partial charge in [0.25, 0.3) is 10.0 Å². The standard InChI is InChI=1S/C16H18F4N4O2S/c1-8-14(16(18,19)20)24(5-4-21-8)11-6-10(17)7-12-13(11)22-15(9-2-3-9)23-27(12,25)26/h6-9,14,21H,2-5H2,1H3,(H,22,23)/t8-,14-/m1/s1. The molecular weight excluding hydrogens is 388 g/mol. The Bertz CT molecular complexity index is 912. The molecule has 1 saturated heterocycles. The molecule has 0 amide bonds. The number of amidine groups is 1. The lowest BCUT2D eigenvalue weighted by atomic mass is 10.0. The van der Waals surface area contributed by atoms with Gasteiger partial charge in [-0.15, -0.1) is 4.40 Å². The normalized spacial score (nSPS) is 27.6. The van der Waals surface area contributed by atoms with E-state index in [-0.39, 0.29) is 36.2 Å². The zero-order valence-electron chi connectivity index (χ0n) is 14.3. The molecule has 27 heavy (non-hydrogen) atoms. The topological polar surface area (TPSA) is 73.8 Å². The van der Waals surface area contributed by atoms with E-state index < -0.39 is 39.0 Å². The maximum atomic E-state index is 14.2. The maximum Gasteiger partial charge on any atom is 0.410 e. The predicted molar refractivity (Wildman–Crippen MR) is 92.0 cm³/mol. The van der Waals surface area contributed by atoms with Gasteiger partial charge in [-0.05, 0) is 31.9 Å². The Morgan fingerprint density at radius 2 is 1.96 bits per heavy atom. The largest absolute Gasteiger partial charge is 0.410 e. The van der Waals surface area contributed by atoms with Gasteiger partial charge in [-0.2, -0.15) is 21.6 Å². The number of nitrogens with one attached hydrogen (secondary N) is 2. The Morgan fingerprint density at radius 3 is 2.59 bits per heavy atom. The summed E-state index contributed by atoms with van der Waals surface area (Å²) in [5.74, 6) is -0.778. The minimum absolute atomic E-state index is 0.0309. The molecule has 2 aliphatic heterocycles. The monoisotopic (exact) mass is 406 g/mol. The van der Waals surface area contributed by atoms with Crippen molar-refractivity contribution in [3.05, 3.63) is 17.9 Å². The average molecular weight is 406 g/mol. The molecule has 0 bridgehead atoms. The van der Waals surface area contributed by atoms with Gasteiger partial charge in [0.05, 0.1) is 11.4 Å². The van der Waals surface area contributed by atoms with Crippen molar-refractivity contribution in [2.75, 3.05) is 23.3 Å². The van der Waals surface area contributed by atoms with Crippen LogP contribution in [0.5, 0.6) is 0 Å². The summed E-state index contributed by atoms with van der Waals surface area (Å²) >= 11 is 0. The summed E-state index contributed by atoms with van der Waals surface area (Å²) in [5, 5.41) is 5.64. The van der Waals surface area contributed by atoms with Gasteiger partial charge in [0.2, 0.25) is 0 Å². The highest BCUT2D eigenvalue weighted by Gasteiger charge is 2.49. The minimum Gasteiger partial charge on any atom is -0.355 e. The van der Waals surface area contributed by atoms with Crippen molar-refractivity contribution < 1.29 is 26.0 Å². The second-order valence-corrected chi connectivity index (χ2v) is 8.64. The molecule has 4 rings (SSSR count). The summed E-state index contributed by atoms with van der Waals surface area (Å²) in [4.78, 5) is 0.593. The summed E-state index contributed by atoms with van der Waals surface area (Å²) in [6, 6.07) is -1.10. The summed E-state index contributed by atoms with van der Waals surface area (Å²) < 4.78 is 83.9. The van der Waals surface area contributed by atoms with Crippen LogP contribution in [0, 0.1) is 11.7 Å². The average Bonchev–Trinajstić information content (AvgIpc) is 3.38. The number of hydrogen-bond donors (Lipinski definition) is 2. The van der Waals surface area contributed by atoms with Gasteiger partial charge < -0.3 is 15.5 Å². The predicted octanol–water partition coefficient (Wildman–Crippen LogP) is 2.48. The SMILES string of the molecule is C[C@H]1NCCN(c2cc(F)cc3c2NC(C2CC2)=NS3(=O)=O)[C@H]1C(F)(F)F. The Balaban J connectivity index is 1.86. The molecule has 1 aromatic carbocycles. The lowest BCUT2D eigenvalue weighted by Crippen LogP contribution is -2.63. The lowest BCUT2D eigenvalue weighted by molar-refractivity contribution is -0.156. The lowest BCUT2D eigenvalue weighted by Gasteiger charge is -2.43. The van der Waals surface area contributed by atoms with Crippen LogP contribution in [0.25, 0.3) is 0 Å². The van der Waals surface area contributed by atoms with E-state index in [4.69, 9.17) is 0 Å². The first-order valence-corrected chi connectivity index (χ1v) is 10.0. The number of halogens is 4. The molecule has 148 valence electrons. The van der Waals surface area contributed by atoms with Crippen LogP contribution in [0.1, 0.15) is 19.8 Å². The molecule has 11 heteroatoms. The van der Waals surface area contributed by atoms with E-state index in [1.807, 2.05) is 0 Å². The fraction of sp³-hybridized carbons (Fsp3) is 0.562. The molecule has 2 N–H and O–H groups in total. The Hall–Kier alpha value is -1.88. The number of alkyl halides is 3.